The van der Waals surface area contributed by atoms with Crippen LogP contribution in [0, 0.1) is 35.5 Å². The van der Waals surface area contributed by atoms with Gasteiger partial charge in [0, 0.05) is 63.4 Å². The summed E-state index contributed by atoms with van der Waals surface area (Å²) < 4.78 is 58.2. The molecule has 2 spiro atoms. The molecule has 0 saturated heterocycles. The minimum Gasteiger partial charge on any atom is -0.490 e. The van der Waals surface area contributed by atoms with Gasteiger partial charge in [-0.3, -0.25) is 14.3 Å². The van der Waals surface area contributed by atoms with Crippen LogP contribution in [0.5, 0.6) is 11.5 Å². The van der Waals surface area contributed by atoms with Crippen LogP contribution in [0.3, 0.4) is 0 Å². The highest BCUT2D eigenvalue weighted by atomic mass is 35.5. The van der Waals surface area contributed by atoms with Crippen molar-refractivity contribution in [3.63, 3.8) is 0 Å². The van der Waals surface area contributed by atoms with E-state index in [1.165, 1.54) is 22.3 Å². The van der Waals surface area contributed by atoms with Crippen molar-refractivity contribution in [2.75, 3.05) is 49.2 Å². The Balaban J connectivity index is 0.000000175. The highest BCUT2D eigenvalue weighted by Crippen LogP contribution is 2.51. The molecular formula is C67H84Cl2N4O9S2. The van der Waals surface area contributed by atoms with E-state index in [1.807, 2.05) is 83.2 Å². The van der Waals surface area contributed by atoms with Crippen molar-refractivity contribution < 1.29 is 41.9 Å². The molecule has 452 valence electrons. The van der Waals surface area contributed by atoms with Crippen LogP contribution in [-0.4, -0.2) is 102 Å². The van der Waals surface area contributed by atoms with Crippen LogP contribution < -0.4 is 28.7 Å². The van der Waals surface area contributed by atoms with Gasteiger partial charge in [0.15, 0.2) is 0 Å². The van der Waals surface area contributed by atoms with E-state index in [9.17, 15) is 32.4 Å². The van der Waals surface area contributed by atoms with Gasteiger partial charge in [-0.05, 0) is 229 Å². The normalized spacial score (nSPS) is 36.2. The van der Waals surface area contributed by atoms with Gasteiger partial charge < -0.3 is 29.5 Å². The summed E-state index contributed by atoms with van der Waals surface area (Å²) in [4.78, 5) is 31.6. The Kier molecular flexibility index (Phi) is 16.8. The van der Waals surface area contributed by atoms with E-state index in [0.29, 0.717) is 56.4 Å². The molecule has 0 aromatic heterocycles. The smallest absolute Gasteiger partial charge is 0.264 e. The van der Waals surface area contributed by atoms with Gasteiger partial charge in [0.2, 0.25) is 10.0 Å². The number of anilines is 2. The van der Waals surface area contributed by atoms with Crippen molar-refractivity contribution in [2.45, 2.75) is 151 Å². The molecule has 2 saturated carbocycles. The van der Waals surface area contributed by atoms with Gasteiger partial charge in [0.05, 0.1) is 50.7 Å². The molecule has 84 heavy (non-hydrogen) atoms. The van der Waals surface area contributed by atoms with Gasteiger partial charge in [-0.25, -0.2) is 17.3 Å². The molecule has 0 radical (unpaired) electrons. The van der Waals surface area contributed by atoms with Crippen LogP contribution in [-0.2, 0) is 43.4 Å². The molecule has 4 aliphatic carbocycles. The first kappa shape index (κ1) is 60.6. The number of fused-ring (bicyclic) bond motifs is 8. The summed E-state index contributed by atoms with van der Waals surface area (Å²) in [5.74, 6) is 4.85. The number of carbonyl (C=O) groups excluding carboxylic acids is 2. The molecule has 4 N–H and O–H groups in total. The lowest BCUT2D eigenvalue weighted by Crippen LogP contribution is -2.51. The summed E-state index contributed by atoms with van der Waals surface area (Å²) in [5.41, 5.74) is 5.00. The number of halogens is 2. The molecule has 12 rings (SSSR count). The monoisotopic (exact) mass is 1220 g/mol. The zero-order chi connectivity index (χ0) is 59.7. The van der Waals surface area contributed by atoms with Crippen LogP contribution in [0.4, 0.5) is 11.4 Å². The van der Waals surface area contributed by atoms with Crippen molar-refractivity contribution in [2.24, 2.45) is 35.5 Å². The van der Waals surface area contributed by atoms with Crippen LogP contribution >= 0.6 is 23.2 Å². The standard InChI is InChI=1S/C34H43ClN2O4S.C33H41ClN2O5S/c1-22-7-5-15-33(3,39)28-12-9-26(28)19-37-20-34(16-6-8-24-17-27(35)11-13-29(24)34)21-41-31-14-10-25(18-30(31)37)32(38)36-42(4,40)23(22)2;1-21-6-4-14-32(3,38)27-11-8-25(27)18-36-19-33(15-5-7-23-16-26(34)10-12-28(23)33)20-41-30-13-9-24(17-29(30)36)31(37)35-42(39,40)22(21)2/h5,10-11,13-15,17-18,22-23,26,28,39H,4,6-9,12,16,19-21H2,1-3H3,(H,36,38,40);4,9-10,12-14,16-17,21-22,25,27,38H,5-8,11,15,18-20H2,1-3H3,(H,35,37)/b15-5+;14-4+/t22-,23+,26-,28+,33-,34-,42?;21-,22+,25-,27+,32+,33-/m00/s1. The van der Waals surface area contributed by atoms with Crippen molar-refractivity contribution in [1.82, 2.24) is 9.44 Å². The Hall–Kier alpha value is -5.03. The van der Waals surface area contributed by atoms with E-state index in [0.717, 1.165) is 104 Å². The quantitative estimate of drug-likeness (QED) is 0.0974. The van der Waals surface area contributed by atoms with Crippen molar-refractivity contribution >= 4 is 72.0 Å². The van der Waals surface area contributed by atoms with Gasteiger partial charge in [0.1, 0.15) is 11.5 Å². The molecule has 4 aromatic carbocycles. The van der Waals surface area contributed by atoms with E-state index >= 15 is 0 Å². The fourth-order valence-corrected chi connectivity index (χ4v) is 18.3. The lowest BCUT2D eigenvalue weighted by atomic mass is 9.64. The minimum atomic E-state index is -3.93. The second kappa shape index (κ2) is 23.2. The van der Waals surface area contributed by atoms with Crippen LogP contribution in [0.2, 0.25) is 10.0 Å². The fourth-order valence-electron chi connectivity index (χ4n) is 15.1. The number of hydrogen-bond donors (Lipinski definition) is 4. The van der Waals surface area contributed by atoms with Gasteiger partial charge in [-0.15, -0.1) is 0 Å². The summed E-state index contributed by atoms with van der Waals surface area (Å²) >= 11 is 12.8. The number of carbonyl (C=O) groups is 2. The number of hydrogen-bond acceptors (Lipinski definition) is 11. The third-order valence-corrected chi connectivity index (χ3v) is 25.5. The second-order valence-electron chi connectivity index (χ2n) is 26.7. The number of nitrogens with zero attached hydrogens (tertiary/aromatic N) is 2. The third kappa shape index (κ3) is 11.9. The number of sulfonamides is 1. The van der Waals surface area contributed by atoms with Crippen molar-refractivity contribution in [3.8, 4) is 11.5 Å². The summed E-state index contributed by atoms with van der Waals surface area (Å²) in [5, 5.41) is 23.5. The zero-order valence-electron chi connectivity index (χ0n) is 49.5. The van der Waals surface area contributed by atoms with Crippen molar-refractivity contribution in [3.05, 3.63) is 141 Å². The summed E-state index contributed by atoms with van der Waals surface area (Å²) in [7, 11) is -6.85. The lowest BCUT2D eigenvalue weighted by Gasteiger charge is -2.48. The molecule has 2 amide bonds. The number of rotatable bonds is 0. The van der Waals surface area contributed by atoms with Gasteiger partial charge in [0.25, 0.3) is 11.8 Å². The maximum absolute atomic E-state index is 13.6. The third-order valence-electron chi connectivity index (χ3n) is 21.0. The summed E-state index contributed by atoms with van der Waals surface area (Å²) in [6.45, 7) is 15.1. The maximum Gasteiger partial charge on any atom is 0.264 e. The number of nitrogens with one attached hydrogen (secondary N) is 2. The van der Waals surface area contributed by atoms with Crippen LogP contribution in [0.1, 0.15) is 149 Å². The predicted molar refractivity (Wildman–Crippen MR) is 338 cm³/mol. The lowest BCUT2D eigenvalue weighted by molar-refractivity contribution is -0.0318. The Morgan fingerprint density at radius 2 is 1.05 bits per heavy atom. The number of benzene rings is 4. The predicted octanol–water partition coefficient (Wildman–Crippen LogP) is 11.6. The SMILES string of the molecule is C=S1(=O)NC(=O)c2ccc3c(c2)N(C[C@@H]2CC[C@H]2[C@@](C)(O)/C=C/C[C@H](C)[C@H]1C)C[C@@]1(CCCc2cc(Cl)ccc21)CO3.C[C@@H]1[C@@H](C)C/C=C/[C@@](C)(O)[C@@H]2CC[C@H]2CN2C[C@@]3(CCCc4cc(Cl)ccc43)COc3ccc(cc32)C(=O)NS1(=O)=O. The van der Waals surface area contributed by atoms with Crippen molar-refractivity contribution in [1.29, 1.82) is 0 Å². The Morgan fingerprint density at radius 1 is 0.607 bits per heavy atom. The second-order valence-corrected chi connectivity index (χ2v) is 32.0. The average Bonchev–Trinajstić information content (AvgIpc) is 2.00. The van der Waals surface area contributed by atoms with E-state index < -0.39 is 42.1 Å². The fraction of sp³-hybridized carbons (Fsp3) is 0.537. The van der Waals surface area contributed by atoms with E-state index in [1.54, 1.807) is 31.2 Å². The summed E-state index contributed by atoms with van der Waals surface area (Å²) in [6.07, 6.45) is 18.8. The number of allylic oxidation sites excluding steroid dienone is 2. The Bertz CT molecular complexity index is 3270. The molecule has 13 atom stereocenters. The maximum atomic E-state index is 13.6. The van der Waals surface area contributed by atoms with Crippen LogP contribution in [0.25, 0.3) is 0 Å². The highest BCUT2D eigenvalue weighted by Gasteiger charge is 2.49. The number of amides is 2. The molecule has 1 unspecified atom stereocenters. The molecule has 4 aromatic rings. The first-order valence-electron chi connectivity index (χ1n) is 30.4. The van der Waals surface area contributed by atoms with E-state index in [4.69, 9.17) is 32.7 Å². The van der Waals surface area contributed by atoms with E-state index in [-0.39, 0.29) is 57.1 Å². The molecule has 8 aliphatic rings. The van der Waals surface area contributed by atoms with E-state index in [2.05, 4.69) is 49.4 Å². The van der Waals surface area contributed by atoms with Crippen LogP contribution in [0.15, 0.2) is 97.1 Å². The number of aliphatic hydroxyl groups is 2. The first-order chi connectivity index (χ1) is 39.8. The molecule has 13 nitrogen and oxygen atoms in total. The highest BCUT2D eigenvalue weighted by molar-refractivity contribution is 7.99. The molecule has 4 aliphatic heterocycles. The summed E-state index contributed by atoms with van der Waals surface area (Å²) in [6, 6.07) is 23.1. The molecular weight excluding hydrogens is 1140 g/mol. The zero-order valence-corrected chi connectivity index (χ0v) is 52.7. The molecule has 17 heteroatoms. The molecule has 4 bridgehead atoms. The van der Waals surface area contributed by atoms with Gasteiger partial charge in [-0.2, -0.15) is 0 Å². The Morgan fingerprint density at radius 3 is 1.49 bits per heavy atom. The largest absolute Gasteiger partial charge is 0.490 e. The topological polar surface area (TPSA) is 175 Å². The van der Waals surface area contributed by atoms with Gasteiger partial charge in [-0.1, -0.05) is 73.5 Å². The molecule has 4 heterocycles. The molecule has 2 fully saturated rings. The van der Waals surface area contributed by atoms with Gasteiger partial charge >= 0.3 is 0 Å². The number of aryl methyl sites for hydroxylation is 2. The average molecular weight is 1220 g/mol. The number of ether oxygens (including phenoxy) is 2. The first-order valence-corrected chi connectivity index (χ1v) is 34.5. The minimum absolute atomic E-state index is 0.00724. The Labute approximate surface area is 508 Å².